The monoisotopic (exact) mass is 703 g/mol. The predicted molar refractivity (Wildman–Crippen MR) is 139 cm³/mol. The molecule has 0 radical (unpaired) electrons. The van der Waals surface area contributed by atoms with Gasteiger partial charge in [0.15, 0.2) is 21.3 Å². The summed E-state index contributed by atoms with van der Waals surface area (Å²) in [4.78, 5) is 8.28. The van der Waals surface area contributed by atoms with Gasteiger partial charge in [-0.1, -0.05) is 0 Å². The molecule has 23 heteroatoms. The minimum Gasteiger partial charge on any atom is -0.505 e. The second kappa shape index (κ2) is 13.5. The summed E-state index contributed by atoms with van der Waals surface area (Å²) in [5.74, 6) is -3.13. The summed E-state index contributed by atoms with van der Waals surface area (Å²) in [5.41, 5.74) is -2.37. The van der Waals surface area contributed by atoms with Crippen molar-refractivity contribution in [3.8, 4) is 17.2 Å². The fourth-order valence-electron chi connectivity index (χ4n) is 3.00. The number of benzene rings is 3. The fourth-order valence-corrected chi connectivity index (χ4v) is 5.24. The number of aromatic hydroxyl groups is 3. The summed E-state index contributed by atoms with van der Waals surface area (Å²) in [6, 6.07) is 6.99. The molecule has 232 valence electrons. The number of hydrogen-bond donors (Lipinski definition) is 5. The maximum atomic E-state index is 12.4. The second-order valence-electron chi connectivity index (χ2n) is 7.80. The molecular formula is C20H17FeN5O14S3. The molecule has 0 aliphatic carbocycles. The van der Waals surface area contributed by atoms with Gasteiger partial charge in [0.05, 0.1) is 28.2 Å². The van der Waals surface area contributed by atoms with Crippen LogP contribution in [0.25, 0.3) is 0 Å². The van der Waals surface area contributed by atoms with Gasteiger partial charge in [-0.15, -0.1) is 20.5 Å². The van der Waals surface area contributed by atoms with E-state index in [0.29, 0.717) is 6.07 Å². The molecule has 19 nitrogen and oxygen atoms in total. The molecule has 0 unspecified atom stereocenters. The van der Waals surface area contributed by atoms with E-state index in [1.54, 1.807) is 0 Å². The van der Waals surface area contributed by atoms with Crippen molar-refractivity contribution in [2.45, 2.75) is 9.79 Å². The first-order chi connectivity index (χ1) is 19.4. The van der Waals surface area contributed by atoms with E-state index in [1.807, 2.05) is 0 Å². The van der Waals surface area contributed by atoms with Gasteiger partial charge < -0.3 is 15.3 Å². The van der Waals surface area contributed by atoms with Crippen LogP contribution in [0.1, 0.15) is 0 Å². The molecule has 0 amide bonds. The van der Waals surface area contributed by atoms with Crippen LogP contribution in [0.4, 0.5) is 28.4 Å². The number of nitrogens with zero attached hydrogens (tertiary/aromatic N) is 5. The van der Waals surface area contributed by atoms with Gasteiger partial charge in [0.2, 0.25) is 0 Å². The van der Waals surface area contributed by atoms with Gasteiger partial charge >= 0.3 is 10.4 Å². The van der Waals surface area contributed by atoms with Gasteiger partial charge in [-0.25, -0.2) is 12.6 Å². The van der Waals surface area contributed by atoms with Crippen LogP contribution in [0, 0.1) is 10.1 Å². The van der Waals surface area contributed by atoms with Crippen molar-refractivity contribution >= 4 is 58.8 Å². The van der Waals surface area contributed by atoms with Crippen molar-refractivity contribution in [2.24, 2.45) is 20.5 Å². The molecular weight excluding hydrogens is 686 g/mol. The van der Waals surface area contributed by atoms with E-state index in [0.717, 1.165) is 42.5 Å². The molecule has 0 bridgehead atoms. The van der Waals surface area contributed by atoms with Crippen LogP contribution < -0.4 is 0 Å². The van der Waals surface area contributed by atoms with Crippen molar-refractivity contribution in [3.05, 3.63) is 58.6 Å². The third kappa shape index (κ3) is 9.20. The van der Waals surface area contributed by atoms with Crippen LogP contribution in [-0.4, -0.2) is 67.0 Å². The summed E-state index contributed by atoms with van der Waals surface area (Å²) >= 11 is 0. The van der Waals surface area contributed by atoms with Crippen molar-refractivity contribution in [1.82, 2.24) is 0 Å². The summed E-state index contributed by atoms with van der Waals surface area (Å²) in [6.07, 6.45) is 0. The summed E-state index contributed by atoms with van der Waals surface area (Å²) in [6.45, 7) is -1.01. The largest absolute Gasteiger partial charge is 0.505 e. The maximum Gasteiger partial charge on any atom is 0.397 e. The molecule has 0 saturated heterocycles. The van der Waals surface area contributed by atoms with E-state index in [9.17, 15) is 55.2 Å². The zero-order valence-corrected chi connectivity index (χ0v) is 24.3. The minimum absolute atomic E-state index is 0. The van der Waals surface area contributed by atoms with Gasteiger partial charge in [-0.2, -0.15) is 16.8 Å². The van der Waals surface area contributed by atoms with Crippen LogP contribution in [0.2, 0.25) is 0 Å². The number of rotatable bonds is 11. The van der Waals surface area contributed by atoms with E-state index in [2.05, 4.69) is 24.6 Å². The second-order valence-corrected chi connectivity index (χ2v) is 12.4. The quantitative estimate of drug-likeness (QED) is 0.0629. The van der Waals surface area contributed by atoms with Crippen LogP contribution in [0.3, 0.4) is 0 Å². The molecule has 5 N–H and O–H groups in total. The molecule has 0 fully saturated rings. The standard InChI is InChI=1S/C20H17N5O14S3.Fe/c26-16-6-5-15(20(28)19(16)24-21-13-3-1-11(25(29)30)9-17(13)27)23-22-14-4-2-12(10-18(14)41(33,34)35)40(31,32)8-7-39-42(36,37)38;/h1-6,9-10,26-28H,7-8H2,(H,33,34,35)(H,36,37,38);. The van der Waals surface area contributed by atoms with Gasteiger partial charge in [-0.05, 0) is 36.4 Å². The Kier molecular flexibility index (Phi) is 11.0. The summed E-state index contributed by atoms with van der Waals surface area (Å²) in [5, 5.41) is 55.6. The Morgan fingerprint density at radius 1 is 0.767 bits per heavy atom. The molecule has 43 heavy (non-hydrogen) atoms. The van der Waals surface area contributed by atoms with Crippen LogP contribution >= 0.6 is 0 Å². The Hall–Kier alpha value is -4.09. The zero-order valence-electron chi connectivity index (χ0n) is 20.8. The number of phenols is 3. The average Bonchev–Trinajstić information content (AvgIpc) is 2.87. The number of sulfone groups is 1. The van der Waals surface area contributed by atoms with Crippen molar-refractivity contribution < 1.29 is 75.9 Å². The number of non-ortho nitro benzene ring substituents is 1. The number of azo groups is 2. The normalized spacial score (nSPS) is 12.4. The van der Waals surface area contributed by atoms with Gasteiger partial charge in [-0.3, -0.25) is 19.2 Å². The Balaban J connectivity index is 0.00000645. The molecule has 0 aliphatic heterocycles. The molecule has 0 heterocycles. The third-order valence-electron chi connectivity index (χ3n) is 4.95. The Bertz CT molecular complexity index is 1950. The Morgan fingerprint density at radius 3 is 1.93 bits per heavy atom. The molecule has 0 atom stereocenters. The van der Waals surface area contributed by atoms with Crippen LogP contribution in [0.15, 0.2) is 78.8 Å². The summed E-state index contributed by atoms with van der Waals surface area (Å²) < 4.78 is 92.0. The van der Waals surface area contributed by atoms with E-state index >= 15 is 0 Å². The SMILES string of the molecule is O=[N+]([O-])c1ccc(N=Nc2c(O)ccc(N=Nc3ccc(S(=O)(=O)CCOS(=O)(=O)O)cc3S(=O)(=O)O)c2O)c(O)c1.[Fe]. The number of phenolic OH excluding ortho intramolecular Hbond substituents is 3. The zero-order chi connectivity index (χ0) is 31.5. The van der Waals surface area contributed by atoms with Gasteiger partial charge in [0, 0.05) is 23.1 Å². The number of nitro groups is 1. The predicted octanol–water partition coefficient (Wildman–Crippen LogP) is 3.38. The van der Waals surface area contributed by atoms with E-state index in [1.165, 1.54) is 0 Å². The average molecular weight is 703 g/mol. The maximum absolute atomic E-state index is 12.4. The minimum atomic E-state index is -5.13. The molecule has 0 spiro atoms. The molecule has 0 aromatic heterocycles. The van der Waals surface area contributed by atoms with Gasteiger partial charge in [0.1, 0.15) is 33.5 Å². The van der Waals surface area contributed by atoms with Crippen LogP contribution in [-0.2, 0) is 51.6 Å². The van der Waals surface area contributed by atoms with Gasteiger partial charge in [0.25, 0.3) is 15.8 Å². The fraction of sp³-hybridized carbons (Fsp3) is 0.100. The molecule has 0 saturated carbocycles. The number of nitro benzene ring substituents is 1. The first-order valence-corrected chi connectivity index (χ1v) is 15.2. The van der Waals surface area contributed by atoms with Crippen molar-refractivity contribution in [3.63, 3.8) is 0 Å². The first-order valence-electron chi connectivity index (χ1n) is 10.7. The molecule has 0 aliphatic rings. The third-order valence-corrected chi connectivity index (χ3v) is 7.98. The van der Waals surface area contributed by atoms with E-state index in [4.69, 9.17) is 4.55 Å². The number of hydrogen-bond acceptors (Lipinski definition) is 16. The molecule has 3 rings (SSSR count). The molecule has 3 aromatic carbocycles. The first kappa shape index (κ1) is 35.1. The summed E-state index contributed by atoms with van der Waals surface area (Å²) in [7, 11) is -14.5. The molecule has 3 aromatic rings. The van der Waals surface area contributed by atoms with E-state index in [-0.39, 0.29) is 22.8 Å². The topological polar surface area (TPSA) is 305 Å². The van der Waals surface area contributed by atoms with Crippen LogP contribution in [0.5, 0.6) is 17.2 Å². The Labute approximate surface area is 252 Å². The van der Waals surface area contributed by atoms with Crippen molar-refractivity contribution in [2.75, 3.05) is 12.4 Å². The Morgan fingerprint density at radius 2 is 1.35 bits per heavy atom. The van der Waals surface area contributed by atoms with Crippen molar-refractivity contribution in [1.29, 1.82) is 0 Å². The van der Waals surface area contributed by atoms with E-state index < -0.39 is 97.4 Å². The smallest absolute Gasteiger partial charge is 0.397 e.